The Hall–Kier alpha value is -0.460. The first-order valence-corrected chi connectivity index (χ1v) is 7.45. The van der Waals surface area contributed by atoms with Crippen molar-refractivity contribution < 1.29 is 12.8 Å². The molecule has 0 spiro atoms. The quantitative estimate of drug-likeness (QED) is 0.920. The van der Waals surface area contributed by atoms with Gasteiger partial charge < -0.3 is 5.32 Å². The van der Waals surface area contributed by atoms with Crippen LogP contribution in [-0.2, 0) is 16.4 Å². The van der Waals surface area contributed by atoms with Gasteiger partial charge in [-0.15, -0.1) is 0 Å². The minimum Gasteiger partial charge on any atom is -0.308 e. The Morgan fingerprint density at radius 1 is 1.44 bits per heavy atom. The van der Waals surface area contributed by atoms with Crippen LogP contribution in [0.3, 0.4) is 0 Å². The zero-order chi connectivity index (χ0) is 11.8. The summed E-state index contributed by atoms with van der Waals surface area (Å²) in [7, 11) is -2.78. The maximum absolute atomic E-state index is 12.9. The van der Waals surface area contributed by atoms with Gasteiger partial charge in [-0.25, -0.2) is 12.8 Å². The average Bonchev–Trinajstić information content (AvgIpc) is 2.16. The van der Waals surface area contributed by atoms with Gasteiger partial charge in [-0.3, -0.25) is 0 Å². The molecule has 6 heteroatoms. The molecule has 1 aliphatic heterocycles. The molecule has 3 nitrogen and oxygen atoms in total. The van der Waals surface area contributed by atoms with Gasteiger partial charge >= 0.3 is 0 Å². The summed E-state index contributed by atoms with van der Waals surface area (Å²) in [5.41, 5.74) is 0.928. The normalized spacial score (nSPS) is 19.4. The summed E-state index contributed by atoms with van der Waals surface area (Å²) in [6.45, 7) is 0.555. The summed E-state index contributed by atoms with van der Waals surface area (Å²) in [6, 6.07) is 4.79. The van der Waals surface area contributed by atoms with E-state index in [4.69, 9.17) is 0 Å². The van der Waals surface area contributed by atoms with Gasteiger partial charge in [0.2, 0.25) is 0 Å². The Kier molecular flexibility index (Phi) is 3.32. The minimum atomic E-state index is -2.78. The second-order valence-electron chi connectivity index (χ2n) is 3.90. The van der Waals surface area contributed by atoms with E-state index in [1.54, 1.807) is 12.1 Å². The van der Waals surface area contributed by atoms with Crippen molar-refractivity contribution in [3.05, 3.63) is 34.1 Å². The van der Waals surface area contributed by atoms with E-state index >= 15 is 0 Å². The minimum absolute atomic E-state index is 0.0360. The van der Waals surface area contributed by atoms with E-state index in [2.05, 4.69) is 21.2 Å². The van der Waals surface area contributed by atoms with Crippen LogP contribution >= 0.6 is 15.9 Å². The van der Waals surface area contributed by atoms with Crippen LogP contribution in [-0.4, -0.2) is 26.0 Å². The van der Waals surface area contributed by atoms with E-state index in [-0.39, 0.29) is 23.4 Å². The van der Waals surface area contributed by atoms with E-state index in [1.165, 1.54) is 6.07 Å². The highest BCUT2D eigenvalue weighted by Gasteiger charge is 2.32. The van der Waals surface area contributed by atoms with Crippen molar-refractivity contribution in [1.82, 2.24) is 5.32 Å². The molecule has 0 amide bonds. The Morgan fingerprint density at radius 3 is 2.69 bits per heavy atom. The molecule has 2 rings (SSSR count). The third-order valence-corrected chi connectivity index (χ3v) is 4.92. The smallest absolute Gasteiger partial charge is 0.153 e. The van der Waals surface area contributed by atoms with Gasteiger partial charge in [0.25, 0.3) is 0 Å². The molecule has 0 aromatic heterocycles. The number of benzene rings is 1. The van der Waals surface area contributed by atoms with Crippen LogP contribution in [0.5, 0.6) is 0 Å². The molecular weight excluding hydrogens is 297 g/mol. The van der Waals surface area contributed by atoms with Crippen molar-refractivity contribution in [1.29, 1.82) is 0 Å². The fourth-order valence-corrected chi connectivity index (χ4v) is 3.38. The molecule has 1 aromatic rings. The average molecular weight is 308 g/mol. The summed E-state index contributed by atoms with van der Waals surface area (Å²) < 4.78 is 35.2. The summed E-state index contributed by atoms with van der Waals surface area (Å²) >= 11 is 3.10. The third kappa shape index (κ3) is 2.81. The van der Waals surface area contributed by atoms with Crippen LogP contribution < -0.4 is 5.32 Å². The van der Waals surface area contributed by atoms with E-state index < -0.39 is 9.84 Å². The second kappa shape index (κ2) is 4.43. The molecule has 1 N–H and O–H groups in total. The molecule has 1 saturated heterocycles. The van der Waals surface area contributed by atoms with Crippen LogP contribution in [0.25, 0.3) is 0 Å². The predicted molar refractivity (Wildman–Crippen MR) is 63.4 cm³/mol. The molecule has 0 radical (unpaired) electrons. The van der Waals surface area contributed by atoms with E-state index in [0.29, 0.717) is 11.0 Å². The standard InChI is InChI=1S/C10H11BrFNO2S/c11-9-3-7(1-2-10(9)12)4-13-8-5-16(14,15)6-8/h1-3,8,13H,4-6H2. The number of hydrogen-bond donors (Lipinski definition) is 1. The van der Waals surface area contributed by atoms with Crippen molar-refractivity contribution in [3.63, 3.8) is 0 Å². The highest BCUT2D eigenvalue weighted by Crippen LogP contribution is 2.17. The summed E-state index contributed by atoms with van der Waals surface area (Å²) in [5, 5.41) is 3.12. The lowest BCUT2D eigenvalue weighted by Crippen LogP contribution is -2.50. The molecule has 1 heterocycles. The lowest BCUT2D eigenvalue weighted by molar-refractivity contribution is 0.511. The zero-order valence-electron chi connectivity index (χ0n) is 8.41. The van der Waals surface area contributed by atoms with Gasteiger partial charge in [-0.1, -0.05) is 6.07 Å². The monoisotopic (exact) mass is 307 g/mol. The number of sulfone groups is 1. The lowest BCUT2D eigenvalue weighted by atomic mass is 10.2. The summed E-state index contributed by atoms with van der Waals surface area (Å²) in [6.07, 6.45) is 0. The maximum Gasteiger partial charge on any atom is 0.153 e. The Morgan fingerprint density at radius 2 is 2.12 bits per heavy atom. The number of rotatable bonds is 3. The Balaban J connectivity index is 1.89. The fourth-order valence-electron chi connectivity index (χ4n) is 1.59. The molecule has 0 atom stereocenters. The third-order valence-electron chi connectivity index (χ3n) is 2.49. The molecule has 16 heavy (non-hydrogen) atoms. The molecule has 0 bridgehead atoms. The molecule has 1 fully saturated rings. The molecule has 1 aromatic carbocycles. The predicted octanol–water partition coefficient (Wildman–Crippen LogP) is 1.47. The van der Waals surface area contributed by atoms with Crippen molar-refractivity contribution in [3.8, 4) is 0 Å². The Labute approximate surface area is 102 Å². The zero-order valence-corrected chi connectivity index (χ0v) is 10.8. The summed E-state index contributed by atoms with van der Waals surface area (Å²) in [5.74, 6) is 0.111. The topological polar surface area (TPSA) is 46.2 Å². The van der Waals surface area contributed by atoms with Crippen molar-refractivity contribution in [2.75, 3.05) is 11.5 Å². The first kappa shape index (κ1) is 12.0. The van der Waals surface area contributed by atoms with Gasteiger partial charge in [0, 0.05) is 12.6 Å². The lowest BCUT2D eigenvalue weighted by Gasteiger charge is -2.26. The molecule has 0 unspecified atom stereocenters. The van der Waals surface area contributed by atoms with E-state index in [9.17, 15) is 12.8 Å². The largest absolute Gasteiger partial charge is 0.308 e. The second-order valence-corrected chi connectivity index (χ2v) is 6.91. The van der Waals surface area contributed by atoms with Crippen LogP contribution in [0, 0.1) is 5.82 Å². The SMILES string of the molecule is O=S1(=O)CC(NCc2ccc(F)c(Br)c2)C1. The van der Waals surface area contributed by atoms with Crippen LogP contribution in [0.1, 0.15) is 5.56 Å². The van der Waals surface area contributed by atoms with Gasteiger partial charge in [-0.2, -0.15) is 0 Å². The van der Waals surface area contributed by atoms with Crippen molar-refractivity contribution in [2.24, 2.45) is 0 Å². The molecular formula is C10H11BrFNO2S. The van der Waals surface area contributed by atoms with Crippen LogP contribution in [0.2, 0.25) is 0 Å². The van der Waals surface area contributed by atoms with Gasteiger partial charge in [0.1, 0.15) is 5.82 Å². The van der Waals surface area contributed by atoms with Gasteiger partial charge in [0.05, 0.1) is 16.0 Å². The fraction of sp³-hybridized carbons (Fsp3) is 0.400. The highest BCUT2D eigenvalue weighted by atomic mass is 79.9. The molecule has 0 saturated carbocycles. The Bertz CT molecular complexity index is 492. The van der Waals surface area contributed by atoms with Crippen molar-refractivity contribution >= 4 is 25.8 Å². The first-order valence-electron chi connectivity index (χ1n) is 4.84. The van der Waals surface area contributed by atoms with Crippen LogP contribution in [0.15, 0.2) is 22.7 Å². The van der Waals surface area contributed by atoms with Crippen molar-refractivity contribution in [2.45, 2.75) is 12.6 Å². The highest BCUT2D eigenvalue weighted by molar-refractivity contribution is 9.10. The van der Waals surface area contributed by atoms with Crippen LogP contribution in [0.4, 0.5) is 4.39 Å². The van der Waals surface area contributed by atoms with E-state index in [0.717, 1.165) is 5.56 Å². The first-order chi connectivity index (χ1) is 7.46. The maximum atomic E-state index is 12.9. The number of nitrogens with one attached hydrogen (secondary N) is 1. The number of halogens is 2. The molecule has 88 valence electrons. The van der Waals surface area contributed by atoms with Gasteiger partial charge in [-0.05, 0) is 33.6 Å². The molecule has 0 aliphatic carbocycles. The summed E-state index contributed by atoms with van der Waals surface area (Å²) in [4.78, 5) is 0. The van der Waals surface area contributed by atoms with E-state index in [1.807, 2.05) is 0 Å². The number of hydrogen-bond acceptors (Lipinski definition) is 3. The van der Waals surface area contributed by atoms with Gasteiger partial charge in [0.15, 0.2) is 9.84 Å². The molecule has 1 aliphatic rings.